The van der Waals surface area contributed by atoms with Crippen LogP contribution in [0.2, 0.25) is 0 Å². The molecule has 0 amide bonds. The number of anilines is 1. The van der Waals surface area contributed by atoms with Gasteiger partial charge < -0.3 is 10.5 Å². The van der Waals surface area contributed by atoms with Crippen LogP contribution in [-0.2, 0) is 6.42 Å². The number of nitrogens with zero attached hydrogens (tertiary/aromatic N) is 3. The summed E-state index contributed by atoms with van der Waals surface area (Å²) < 4.78 is 6.15. The predicted molar refractivity (Wildman–Crippen MR) is 70.2 cm³/mol. The van der Waals surface area contributed by atoms with E-state index < -0.39 is 0 Å². The Kier molecular flexibility index (Phi) is 3.90. The van der Waals surface area contributed by atoms with E-state index in [0.29, 0.717) is 22.8 Å². The van der Waals surface area contributed by atoms with Crippen LogP contribution < -0.4 is 10.5 Å². The van der Waals surface area contributed by atoms with Crippen LogP contribution in [0.3, 0.4) is 0 Å². The molecule has 0 bridgehead atoms. The van der Waals surface area contributed by atoms with Gasteiger partial charge in [0.15, 0.2) is 0 Å². The lowest BCUT2D eigenvalue weighted by Crippen LogP contribution is -2.05. The number of hydrogen-bond acceptors (Lipinski definition) is 6. The third kappa shape index (κ3) is 2.92. The summed E-state index contributed by atoms with van der Waals surface area (Å²) in [5.41, 5.74) is 8.52. The molecule has 2 aromatic heterocycles. The predicted octanol–water partition coefficient (Wildman–Crippen LogP) is 2.21. The van der Waals surface area contributed by atoms with Gasteiger partial charge in [0.25, 0.3) is 0 Å². The molecule has 0 atom stereocenters. The average Bonchev–Trinajstić information content (AvgIpc) is 2.71. The van der Waals surface area contributed by atoms with Crippen molar-refractivity contribution in [1.29, 1.82) is 0 Å². The summed E-state index contributed by atoms with van der Waals surface area (Å²) in [6, 6.07) is 0. The summed E-state index contributed by atoms with van der Waals surface area (Å²) >= 11 is 4.92. The SMILES string of the molecule is Cc1ncsc1CCOc1ncnc(N)c1Br. The van der Waals surface area contributed by atoms with Gasteiger partial charge in [0.1, 0.15) is 16.6 Å². The number of aromatic nitrogens is 3. The molecule has 17 heavy (non-hydrogen) atoms. The Morgan fingerprint density at radius 2 is 2.24 bits per heavy atom. The topological polar surface area (TPSA) is 73.9 Å². The van der Waals surface area contributed by atoms with Crippen molar-refractivity contribution in [2.24, 2.45) is 0 Å². The van der Waals surface area contributed by atoms with Gasteiger partial charge in [-0.2, -0.15) is 0 Å². The Morgan fingerprint density at radius 1 is 1.41 bits per heavy atom. The third-order valence-corrected chi connectivity index (χ3v) is 3.94. The van der Waals surface area contributed by atoms with E-state index in [0.717, 1.165) is 12.1 Å². The van der Waals surface area contributed by atoms with Gasteiger partial charge in [0.2, 0.25) is 5.88 Å². The Hall–Kier alpha value is -1.21. The Balaban J connectivity index is 1.95. The van der Waals surface area contributed by atoms with Crippen LogP contribution in [-0.4, -0.2) is 21.6 Å². The largest absolute Gasteiger partial charge is 0.476 e. The highest BCUT2D eigenvalue weighted by molar-refractivity contribution is 9.10. The summed E-state index contributed by atoms with van der Waals surface area (Å²) in [5.74, 6) is 0.851. The lowest BCUT2D eigenvalue weighted by molar-refractivity contribution is 0.307. The van der Waals surface area contributed by atoms with Gasteiger partial charge >= 0.3 is 0 Å². The maximum Gasteiger partial charge on any atom is 0.233 e. The minimum atomic E-state index is 0.379. The molecule has 2 rings (SSSR count). The van der Waals surface area contributed by atoms with E-state index in [1.807, 2.05) is 12.4 Å². The first kappa shape index (κ1) is 12.3. The maximum absolute atomic E-state index is 5.63. The minimum absolute atomic E-state index is 0.379. The van der Waals surface area contributed by atoms with Crippen molar-refractivity contribution in [3.63, 3.8) is 0 Å². The van der Waals surface area contributed by atoms with Crippen molar-refractivity contribution in [3.8, 4) is 5.88 Å². The van der Waals surface area contributed by atoms with E-state index in [2.05, 4.69) is 30.9 Å². The third-order valence-electron chi connectivity index (χ3n) is 2.20. The van der Waals surface area contributed by atoms with Gasteiger partial charge in [-0.3, -0.25) is 0 Å². The molecule has 2 aromatic rings. The molecule has 0 aliphatic rings. The molecule has 5 nitrogen and oxygen atoms in total. The molecular weight excluding hydrogens is 304 g/mol. The van der Waals surface area contributed by atoms with Crippen LogP contribution in [0.25, 0.3) is 0 Å². The van der Waals surface area contributed by atoms with Crippen molar-refractivity contribution in [2.45, 2.75) is 13.3 Å². The number of halogens is 1. The summed E-state index contributed by atoms with van der Waals surface area (Å²) in [7, 11) is 0. The highest BCUT2D eigenvalue weighted by atomic mass is 79.9. The second-order valence-electron chi connectivity index (χ2n) is 3.34. The van der Waals surface area contributed by atoms with Crippen molar-refractivity contribution in [3.05, 3.63) is 26.9 Å². The zero-order valence-electron chi connectivity index (χ0n) is 9.18. The molecule has 0 aliphatic carbocycles. The summed E-state index contributed by atoms with van der Waals surface area (Å²) in [4.78, 5) is 13.3. The zero-order chi connectivity index (χ0) is 12.3. The van der Waals surface area contributed by atoms with Crippen LogP contribution in [0.1, 0.15) is 10.6 Å². The van der Waals surface area contributed by atoms with Gasteiger partial charge in [-0.25, -0.2) is 15.0 Å². The van der Waals surface area contributed by atoms with E-state index in [9.17, 15) is 0 Å². The molecule has 2 N–H and O–H groups in total. The number of thiazole rings is 1. The van der Waals surface area contributed by atoms with Crippen LogP contribution in [0, 0.1) is 6.92 Å². The van der Waals surface area contributed by atoms with Crippen LogP contribution in [0.4, 0.5) is 5.82 Å². The van der Waals surface area contributed by atoms with E-state index in [4.69, 9.17) is 10.5 Å². The van der Waals surface area contributed by atoms with Crippen molar-refractivity contribution in [2.75, 3.05) is 12.3 Å². The van der Waals surface area contributed by atoms with E-state index in [-0.39, 0.29) is 0 Å². The van der Waals surface area contributed by atoms with Crippen molar-refractivity contribution >= 4 is 33.1 Å². The second kappa shape index (κ2) is 5.42. The number of nitrogen functional groups attached to an aromatic ring is 1. The standard InChI is InChI=1S/C10H11BrN4OS/c1-6-7(17-5-15-6)2-3-16-10-8(11)9(12)13-4-14-10/h4-5H,2-3H2,1H3,(H2,12,13,14). The van der Waals surface area contributed by atoms with Gasteiger partial charge in [-0.1, -0.05) is 0 Å². The van der Waals surface area contributed by atoms with Gasteiger partial charge in [0, 0.05) is 11.3 Å². The molecule has 2 heterocycles. The second-order valence-corrected chi connectivity index (χ2v) is 5.07. The first-order valence-electron chi connectivity index (χ1n) is 4.96. The monoisotopic (exact) mass is 314 g/mol. The molecule has 0 radical (unpaired) electrons. The van der Waals surface area contributed by atoms with Crippen LogP contribution >= 0.6 is 27.3 Å². The molecule has 0 saturated carbocycles. The molecule has 0 aromatic carbocycles. The molecule has 0 unspecified atom stereocenters. The number of nitrogens with two attached hydrogens (primary N) is 1. The van der Waals surface area contributed by atoms with Crippen LogP contribution in [0.15, 0.2) is 16.3 Å². The molecule has 0 aliphatic heterocycles. The first-order valence-corrected chi connectivity index (χ1v) is 6.63. The number of aryl methyl sites for hydroxylation is 1. The lowest BCUT2D eigenvalue weighted by atomic mass is 10.3. The van der Waals surface area contributed by atoms with Gasteiger partial charge in [-0.15, -0.1) is 11.3 Å². The summed E-state index contributed by atoms with van der Waals surface area (Å²) in [5, 5.41) is 0. The van der Waals surface area contributed by atoms with Crippen molar-refractivity contribution < 1.29 is 4.74 Å². The normalized spacial score (nSPS) is 10.5. The molecule has 0 saturated heterocycles. The number of rotatable bonds is 4. The van der Waals surface area contributed by atoms with E-state index in [1.165, 1.54) is 11.2 Å². The van der Waals surface area contributed by atoms with E-state index >= 15 is 0 Å². The lowest BCUT2D eigenvalue weighted by Gasteiger charge is -2.07. The maximum atomic E-state index is 5.63. The molecule has 0 fully saturated rings. The Bertz CT molecular complexity index is 517. The van der Waals surface area contributed by atoms with Gasteiger partial charge in [-0.05, 0) is 22.9 Å². The zero-order valence-corrected chi connectivity index (χ0v) is 11.6. The smallest absolute Gasteiger partial charge is 0.233 e. The molecule has 90 valence electrons. The molecule has 7 heteroatoms. The quantitative estimate of drug-likeness (QED) is 0.936. The summed E-state index contributed by atoms with van der Waals surface area (Å²) in [6.07, 6.45) is 2.19. The summed E-state index contributed by atoms with van der Waals surface area (Å²) in [6.45, 7) is 2.53. The van der Waals surface area contributed by atoms with E-state index in [1.54, 1.807) is 11.3 Å². The number of hydrogen-bond donors (Lipinski definition) is 1. The fourth-order valence-corrected chi connectivity index (χ4v) is 2.36. The highest BCUT2D eigenvalue weighted by Crippen LogP contribution is 2.26. The van der Waals surface area contributed by atoms with Crippen molar-refractivity contribution in [1.82, 2.24) is 15.0 Å². The molecule has 0 spiro atoms. The minimum Gasteiger partial charge on any atom is -0.476 e. The number of ether oxygens (including phenoxy) is 1. The Morgan fingerprint density at radius 3 is 2.94 bits per heavy atom. The first-order chi connectivity index (χ1) is 8.18. The van der Waals surface area contributed by atoms with Crippen LogP contribution in [0.5, 0.6) is 5.88 Å². The molecular formula is C10H11BrN4OS. The fraction of sp³-hybridized carbons (Fsp3) is 0.300. The average molecular weight is 315 g/mol. The fourth-order valence-electron chi connectivity index (χ4n) is 1.27. The highest BCUT2D eigenvalue weighted by Gasteiger charge is 2.08. The Labute approximate surface area is 111 Å². The van der Waals surface area contributed by atoms with Gasteiger partial charge in [0.05, 0.1) is 17.8 Å².